The average Bonchev–Trinajstić information content (AvgIpc) is 2.66. The molecule has 0 aromatic heterocycles. The van der Waals surface area contributed by atoms with E-state index in [2.05, 4.69) is 27.6 Å². The predicted octanol–water partition coefficient (Wildman–Crippen LogP) is 2.90. The first kappa shape index (κ1) is 17.8. The first-order valence-electron chi connectivity index (χ1n) is 7.36. The lowest BCUT2D eigenvalue weighted by molar-refractivity contribution is -0.353. The summed E-state index contributed by atoms with van der Waals surface area (Å²) in [5, 5.41) is 18.5. The van der Waals surface area contributed by atoms with Crippen LogP contribution in [0.2, 0.25) is 0 Å². The summed E-state index contributed by atoms with van der Waals surface area (Å²) in [5.41, 5.74) is 1.22. The smallest absolute Gasteiger partial charge is 0.400 e. The zero-order valence-corrected chi connectivity index (χ0v) is 13.6. The van der Waals surface area contributed by atoms with Crippen LogP contribution in [0.3, 0.4) is 0 Å². The zero-order valence-electron chi connectivity index (χ0n) is 13.6. The maximum Gasteiger partial charge on any atom is 0.400 e. The molecule has 1 aromatic carbocycles. The maximum atomic E-state index is 12.5. The standard InChI is InChI=1S/C19H16N2O4/c1-3-17(14-9-5-4-6-10-14)25-19(23)15-11-7-8-12-16(15)21-20-13-18(22)24-2/h3-6,8-13,17H,1H2,2H3. The van der Waals surface area contributed by atoms with Gasteiger partial charge in [-0.3, -0.25) is 0 Å². The Morgan fingerprint density at radius 1 is 1.36 bits per heavy atom. The van der Waals surface area contributed by atoms with Gasteiger partial charge in [-0.25, -0.2) is 4.79 Å². The fourth-order valence-electron chi connectivity index (χ4n) is 1.94. The molecule has 1 unspecified atom stereocenters. The fraction of sp³-hybridized carbons (Fsp3) is 0.105. The minimum atomic E-state index is -0.647. The molecular weight excluding hydrogens is 320 g/mol. The summed E-state index contributed by atoms with van der Waals surface area (Å²) < 4.78 is 9.91. The summed E-state index contributed by atoms with van der Waals surface area (Å²) in [5.74, 6) is -1.25. The quantitative estimate of drug-likeness (QED) is 0.252. The van der Waals surface area contributed by atoms with Crippen molar-refractivity contribution in [1.82, 2.24) is 0 Å². The number of hydrogen-bond donors (Lipinski definition) is 0. The molecule has 0 amide bonds. The van der Waals surface area contributed by atoms with Gasteiger partial charge in [0.25, 0.3) is 0 Å². The third kappa shape index (κ3) is 4.99. The monoisotopic (exact) mass is 336 g/mol. The number of rotatable bonds is 7. The Morgan fingerprint density at radius 3 is 2.80 bits per heavy atom. The Balaban J connectivity index is 2.21. The molecule has 1 aliphatic rings. The lowest BCUT2D eigenvalue weighted by Gasteiger charge is -2.13. The molecule has 6 nitrogen and oxygen atoms in total. The van der Waals surface area contributed by atoms with Crippen LogP contribution >= 0.6 is 0 Å². The van der Waals surface area contributed by atoms with Crippen molar-refractivity contribution >= 4 is 5.97 Å². The first-order chi connectivity index (χ1) is 12.2. The largest absolute Gasteiger partial charge is 0.615 e. The van der Waals surface area contributed by atoms with E-state index in [9.17, 15) is 9.90 Å². The minimum Gasteiger partial charge on any atom is -0.615 e. The van der Waals surface area contributed by atoms with E-state index in [1.54, 1.807) is 6.08 Å². The van der Waals surface area contributed by atoms with Crippen molar-refractivity contribution in [3.05, 3.63) is 96.3 Å². The predicted molar refractivity (Wildman–Crippen MR) is 89.4 cm³/mol. The summed E-state index contributed by atoms with van der Waals surface area (Å²) in [4.78, 5) is 12.5. The molecule has 0 bridgehead atoms. The molecule has 0 saturated carbocycles. The van der Waals surface area contributed by atoms with Crippen LogP contribution in [0.1, 0.15) is 11.7 Å². The highest BCUT2D eigenvalue weighted by atomic mass is 16.6. The van der Waals surface area contributed by atoms with Gasteiger partial charge in [0.1, 0.15) is 18.3 Å². The lowest BCUT2D eigenvalue weighted by Crippen LogP contribution is -2.13. The third-order valence-electron chi connectivity index (χ3n) is 3.17. The summed E-state index contributed by atoms with van der Waals surface area (Å²) >= 11 is 0. The average molecular weight is 336 g/mol. The maximum absolute atomic E-state index is 12.5. The van der Waals surface area contributed by atoms with E-state index >= 15 is 0 Å². The fourth-order valence-corrected chi connectivity index (χ4v) is 1.94. The summed E-state index contributed by atoms with van der Waals surface area (Å²) in [7, 11) is 1.23. The van der Waals surface area contributed by atoms with Gasteiger partial charge < -0.3 is 14.6 Å². The third-order valence-corrected chi connectivity index (χ3v) is 3.17. The Labute approximate surface area is 145 Å². The zero-order chi connectivity index (χ0) is 18.1. The molecule has 6 heteroatoms. The summed E-state index contributed by atoms with van der Waals surface area (Å²) in [6, 6.07) is 9.23. The molecule has 1 atom stereocenters. The minimum absolute atomic E-state index is 0.173. The normalized spacial score (nSPS) is 15.0. The van der Waals surface area contributed by atoms with Crippen molar-refractivity contribution in [1.29, 1.82) is 0 Å². The van der Waals surface area contributed by atoms with E-state index in [1.165, 1.54) is 25.3 Å². The number of allylic oxidation sites excluding steroid dienone is 3. The van der Waals surface area contributed by atoms with Crippen LogP contribution in [0.25, 0.3) is 0 Å². The number of hydrogen-bond acceptors (Lipinski definition) is 6. The van der Waals surface area contributed by atoms with E-state index in [1.807, 2.05) is 30.3 Å². The number of carbonyl (C=O) groups is 1. The van der Waals surface area contributed by atoms with Crippen molar-refractivity contribution in [3.63, 3.8) is 0 Å². The number of benzene rings is 1. The molecule has 1 aliphatic carbocycles. The Morgan fingerprint density at radius 2 is 2.12 bits per heavy atom. The second-order valence-electron chi connectivity index (χ2n) is 4.78. The molecule has 1 aromatic rings. The molecule has 2 rings (SSSR count). The van der Waals surface area contributed by atoms with E-state index in [0.717, 1.165) is 11.8 Å². The van der Waals surface area contributed by atoms with E-state index in [-0.39, 0.29) is 11.3 Å². The van der Waals surface area contributed by atoms with Crippen LogP contribution in [-0.4, -0.2) is 13.1 Å². The van der Waals surface area contributed by atoms with Gasteiger partial charge >= 0.3 is 5.97 Å². The highest BCUT2D eigenvalue weighted by Crippen LogP contribution is 2.23. The highest BCUT2D eigenvalue weighted by Gasteiger charge is 2.26. The van der Waals surface area contributed by atoms with Crippen molar-refractivity contribution in [3.8, 4) is 0 Å². The van der Waals surface area contributed by atoms with Gasteiger partial charge in [-0.1, -0.05) is 36.9 Å². The molecule has 0 saturated heterocycles. The van der Waals surface area contributed by atoms with Crippen LogP contribution in [0.15, 0.2) is 94.9 Å². The van der Waals surface area contributed by atoms with Gasteiger partial charge in [-0.15, -0.1) is 5.11 Å². The van der Waals surface area contributed by atoms with E-state index < -0.39 is 18.0 Å². The second kappa shape index (κ2) is 8.96. The van der Waals surface area contributed by atoms with Gasteiger partial charge in [-0.05, 0) is 18.7 Å². The van der Waals surface area contributed by atoms with Crippen LogP contribution in [0.5, 0.6) is 0 Å². The molecule has 0 radical (unpaired) electrons. The number of ether oxygens (including phenoxy) is 2. The Kier molecular flexibility index (Phi) is 6.39. The van der Waals surface area contributed by atoms with Gasteiger partial charge in [0, 0.05) is 6.08 Å². The molecule has 25 heavy (non-hydrogen) atoms. The van der Waals surface area contributed by atoms with Crippen molar-refractivity contribution < 1.29 is 19.4 Å². The molecule has 126 valence electrons. The Hall–Kier alpha value is -3.50. The first-order valence-corrected chi connectivity index (χ1v) is 7.36. The second-order valence-corrected chi connectivity index (χ2v) is 4.78. The number of esters is 1. The van der Waals surface area contributed by atoms with Gasteiger partial charge in [0.15, 0.2) is 0 Å². The number of carbonyl (C=O) groups excluding carboxylic acids is 1. The van der Waals surface area contributed by atoms with Crippen LogP contribution in [-0.2, 0) is 14.3 Å². The van der Waals surface area contributed by atoms with Crippen molar-refractivity contribution in [2.75, 3.05) is 7.11 Å². The highest BCUT2D eigenvalue weighted by molar-refractivity contribution is 5.93. The van der Waals surface area contributed by atoms with Gasteiger partial charge in [-0.2, -0.15) is 5.11 Å². The number of methoxy groups -OCH3 is 1. The van der Waals surface area contributed by atoms with E-state index in [0.29, 0.717) is 0 Å². The van der Waals surface area contributed by atoms with Gasteiger partial charge in [0.05, 0.1) is 18.2 Å². The van der Waals surface area contributed by atoms with Crippen LogP contribution in [0.4, 0.5) is 0 Å². The van der Waals surface area contributed by atoms with Crippen molar-refractivity contribution in [2.24, 2.45) is 10.2 Å². The molecule has 0 N–H and O–H groups in total. The molecule has 0 spiro atoms. The van der Waals surface area contributed by atoms with Crippen LogP contribution < -0.4 is 5.11 Å². The topological polar surface area (TPSA) is 83.3 Å². The number of nitrogens with zero attached hydrogens (tertiary/aromatic N) is 2. The SMILES string of the molecule is C=CC(OC(=O)C1=C(N=N/C=C(\[O-])OC)C=C[C+]=C1)c1ccccc1. The van der Waals surface area contributed by atoms with Crippen molar-refractivity contribution in [2.45, 2.75) is 6.10 Å². The molecular formula is C19H16N2O4. The van der Waals surface area contributed by atoms with Crippen LogP contribution in [0, 0.1) is 6.08 Å². The summed E-state index contributed by atoms with van der Waals surface area (Å²) in [6.07, 6.45) is 9.19. The molecule has 0 heterocycles. The summed E-state index contributed by atoms with van der Waals surface area (Å²) in [6.45, 7) is 3.70. The lowest BCUT2D eigenvalue weighted by atomic mass is 10.1. The molecule has 0 fully saturated rings. The number of azo groups is 1. The van der Waals surface area contributed by atoms with E-state index in [4.69, 9.17) is 4.74 Å². The van der Waals surface area contributed by atoms with Gasteiger partial charge in [0.2, 0.25) is 11.3 Å². The Bertz CT molecular complexity index is 774. The molecule has 0 aliphatic heterocycles.